The molecule has 100 valence electrons. The summed E-state index contributed by atoms with van der Waals surface area (Å²) >= 11 is 0. The van der Waals surface area contributed by atoms with Crippen LogP contribution in [0.4, 0.5) is 0 Å². The Labute approximate surface area is 114 Å². The van der Waals surface area contributed by atoms with Crippen LogP contribution in [0.3, 0.4) is 0 Å². The Kier molecular flexibility index (Phi) is 3.87. The van der Waals surface area contributed by atoms with Crippen LogP contribution < -0.4 is 0 Å². The lowest BCUT2D eigenvalue weighted by Gasteiger charge is -2.22. The van der Waals surface area contributed by atoms with Gasteiger partial charge in [-0.2, -0.15) is 5.26 Å². The van der Waals surface area contributed by atoms with Gasteiger partial charge in [0.25, 0.3) is 5.91 Å². The average molecular weight is 257 g/mol. The molecule has 0 radical (unpaired) electrons. The highest BCUT2D eigenvalue weighted by Gasteiger charge is 2.33. The molecule has 0 aromatic heterocycles. The van der Waals surface area contributed by atoms with Gasteiger partial charge < -0.3 is 9.80 Å². The average Bonchev–Trinajstić information content (AvgIpc) is 2.80. The van der Waals surface area contributed by atoms with E-state index < -0.39 is 0 Å². The van der Waals surface area contributed by atoms with Gasteiger partial charge in [0.05, 0.1) is 11.6 Å². The van der Waals surface area contributed by atoms with Crippen molar-refractivity contribution in [3.63, 3.8) is 0 Å². The van der Waals surface area contributed by atoms with E-state index in [1.54, 1.807) is 24.3 Å². The summed E-state index contributed by atoms with van der Waals surface area (Å²) in [5.74, 6) is 0.492. The molecule has 0 N–H and O–H groups in total. The zero-order valence-corrected chi connectivity index (χ0v) is 11.6. The van der Waals surface area contributed by atoms with E-state index in [9.17, 15) is 4.79 Å². The molecule has 2 unspecified atom stereocenters. The topological polar surface area (TPSA) is 47.3 Å². The molecular weight excluding hydrogens is 238 g/mol. The van der Waals surface area contributed by atoms with Crippen LogP contribution in [0.1, 0.15) is 22.8 Å². The number of nitrogens with zero attached hydrogens (tertiary/aromatic N) is 3. The highest BCUT2D eigenvalue weighted by atomic mass is 16.2. The third-order valence-electron chi connectivity index (χ3n) is 3.76. The molecule has 1 heterocycles. The number of rotatable bonds is 2. The van der Waals surface area contributed by atoms with Crippen LogP contribution in [-0.4, -0.2) is 48.9 Å². The van der Waals surface area contributed by atoms with E-state index in [2.05, 4.69) is 17.9 Å². The molecule has 1 aliphatic heterocycles. The van der Waals surface area contributed by atoms with Crippen LogP contribution in [0.15, 0.2) is 24.3 Å². The largest absolute Gasteiger partial charge is 0.337 e. The molecule has 0 bridgehead atoms. The Bertz CT molecular complexity index is 518. The van der Waals surface area contributed by atoms with E-state index in [0.717, 1.165) is 13.1 Å². The molecule has 1 aliphatic rings. The molecule has 2 atom stereocenters. The first-order valence-corrected chi connectivity index (χ1v) is 6.48. The van der Waals surface area contributed by atoms with Gasteiger partial charge in [0.15, 0.2) is 0 Å². The van der Waals surface area contributed by atoms with Crippen molar-refractivity contribution in [3.05, 3.63) is 35.4 Å². The number of likely N-dealkylation sites (tertiary alicyclic amines) is 1. The minimum atomic E-state index is 0.0216. The Morgan fingerprint density at radius 1 is 1.42 bits per heavy atom. The molecule has 1 saturated heterocycles. The first-order chi connectivity index (χ1) is 9.02. The summed E-state index contributed by atoms with van der Waals surface area (Å²) in [6.45, 7) is 3.70. The van der Waals surface area contributed by atoms with Crippen molar-refractivity contribution in [1.29, 1.82) is 5.26 Å². The van der Waals surface area contributed by atoms with E-state index in [-0.39, 0.29) is 5.91 Å². The van der Waals surface area contributed by atoms with E-state index in [0.29, 0.717) is 23.1 Å². The van der Waals surface area contributed by atoms with Crippen molar-refractivity contribution >= 4 is 5.91 Å². The summed E-state index contributed by atoms with van der Waals surface area (Å²) in [5, 5.41) is 8.88. The first-order valence-electron chi connectivity index (χ1n) is 6.48. The maximum Gasteiger partial charge on any atom is 0.253 e. The second-order valence-corrected chi connectivity index (χ2v) is 5.41. The summed E-state index contributed by atoms with van der Waals surface area (Å²) in [6, 6.07) is 9.39. The number of hydrogen-bond donors (Lipinski definition) is 0. The predicted octanol–water partition coefficient (Wildman–Crippen LogP) is 1.58. The van der Waals surface area contributed by atoms with Crippen LogP contribution in [0.25, 0.3) is 0 Å². The van der Waals surface area contributed by atoms with Crippen LogP contribution >= 0.6 is 0 Å². The van der Waals surface area contributed by atoms with E-state index >= 15 is 0 Å². The Hall–Kier alpha value is -1.86. The molecule has 4 nitrogen and oxygen atoms in total. The molecule has 1 amide bonds. The highest BCUT2D eigenvalue weighted by Crippen LogP contribution is 2.22. The fourth-order valence-electron chi connectivity index (χ4n) is 2.69. The predicted molar refractivity (Wildman–Crippen MR) is 73.7 cm³/mol. The molecule has 19 heavy (non-hydrogen) atoms. The SMILES string of the molecule is CC1CN(C(=O)c2cccc(C#N)c2)CC1N(C)C. The van der Waals surface area contributed by atoms with Crippen LogP contribution in [0.2, 0.25) is 0 Å². The molecule has 0 saturated carbocycles. The Balaban J connectivity index is 2.15. The molecular formula is C15H19N3O. The fourth-order valence-corrected chi connectivity index (χ4v) is 2.69. The standard InChI is InChI=1S/C15H19N3O/c1-11-9-18(10-14(11)17(2)3)15(19)13-6-4-5-12(7-13)8-16/h4-7,11,14H,9-10H2,1-3H3. The van der Waals surface area contributed by atoms with Crippen molar-refractivity contribution in [1.82, 2.24) is 9.80 Å². The van der Waals surface area contributed by atoms with E-state index in [1.165, 1.54) is 0 Å². The second kappa shape index (κ2) is 5.41. The number of carbonyl (C=O) groups excluding carboxylic acids is 1. The van der Waals surface area contributed by atoms with E-state index in [4.69, 9.17) is 5.26 Å². The normalized spacial score (nSPS) is 22.6. The first kappa shape index (κ1) is 13.6. The van der Waals surface area contributed by atoms with Crippen molar-refractivity contribution in [2.24, 2.45) is 5.92 Å². The number of amides is 1. The third kappa shape index (κ3) is 2.77. The number of benzene rings is 1. The van der Waals surface area contributed by atoms with E-state index in [1.807, 2.05) is 19.0 Å². The zero-order chi connectivity index (χ0) is 14.0. The van der Waals surface area contributed by atoms with Gasteiger partial charge in [0, 0.05) is 24.7 Å². The fraction of sp³-hybridized carbons (Fsp3) is 0.467. The minimum absolute atomic E-state index is 0.0216. The second-order valence-electron chi connectivity index (χ2n) is 5.41. The third-order valence-corrected chi connectivity index (χ3v) is 3.76. The number of carbonyl (C=O) groups is 1. The molecule has 1 aromatic carbocycles. The van der Waals surface area contributed by atoms with Gasteiger partial charge in [-0.1, -0.05) is 13.0 Å². The molecule has 2 rings (SSSR count). The lowest BCUT2D eigenvalue weighted by Crippen LogP contribution is -2.35. The summed E-state index contributed by atoms with van der Waals surface area (Å²) in [7, 11) is 4.09. The van der Waals surface area contributed by atoms with Crippen molar-refractivity contribution in [3.8, 4) is 6.07 Å². The summed E-state index contributed by atoms with van der Waals surface area (Å²) in [5.41, 5.74) is 1.13. The smallest absolute Gasteiger partial charge is 0.253 e. The lowest BCUT2D eigenvalue weighted by molar-refractivity contribution is 0.0781. The summed E-state index contributed by atoms with van der Waals surface area (Å²) in [6.07, 6.45) is 0. The Morgan fingerprint density at radius 3 is 2.74 bits per heavy atom. The van der Waals surface area contributed by atoms with Gasteiger partial charge in [-0.3, -0.25) is 4.79 Å². The number of hydrogen-bond acceptors (Lipinski definition) is 3. The van der Waals surface area contributed by atoms with Crippen molar-refractivity contribution in [2.45, 2.75) is 13.0 Å². The minimum Gasteiger partial charge on any atom is -0.337 e. The zero-order valence-electron chi connectivity index (χ0n) is 11.6. The van der Waals surface area contributed by atoms with Gasteiger partial charge in [-0.25, -0.2) is 0 Å². The van der Waals surface area contributed by atoms with Gasteiger partial charge in [0.1, 0.15) is 0 Å². The number of likely N-dealkylation sites (N-methyl/N-ethyl adjacent to an activating group) is 1. The lowest BCUT2D eigenvalue weighted by atomic mass is 10.1. The maximum absolute atomic E-state index is 12.4. The van der Waals surface area contributed by atoms with Crippen LogP contribution in [-0.2, 0) is 0 Å². The highest BCUT2D eigenvalue weighted by molar-refractivity contribution is 5.94. The summed E-state index contributed by atoms with van der Waals surface area (Å²) in [4.78, 5) is 16.5. The molecule has 0 spiro atoms. The summed E-state index contributed by atoms with van der Waals surface area (Å²) < 4.78 is 0. The van der Waals surface area contributed by atoms with Crippen molar-refractivity contribution in [2.75, 3.05) is 27.2 Å². The Morgan fingerprint density at radius 2 is 2.16 bits per heavy atom. The van der Waals surface area contributed by atoms with Crippen LogP contribution in [0, 0.1) is 17.2 Å². The van der Waals surface area contributed by atoms with Gasteiger partial charge in [0.2, 0.25) is 0 Å². The molecule has 1 fully saturated rings. The molecule has 4 heteroatoms. The van der Waals surface area contributed by atoms with Crippen LogP contribution in [0.5, 0.6) is 0 Å². The van der Waals surface area contributed by atoms with Gasteiger partial charge >= 0.3 is 0 Å². The van der Waals surface area contributed by atoms with Gasteiger partial charge in [-0.15, -0.1) is 0 Å². The monoisotopic (exact) mass is 257 g/mol. The van der Waals surface area contributed by atoms with Crippen molar-refractivity contribution < 1.29 is 4.79 Å². The maximum atomic E-state index is 12.4. The number of nitriles is 1. The molecule has 1 aromatic rings. The van der Waals surface area contributed by atoms with Gasteiger partial charge in [-0.05, 0) is 38.2 Å². The molecule has 0 aliphatic carbocycles. The quantitative estimate of drug-likeness (QED) is 0.808.